The molecule has 1 rings (SSSR count). The van der Waals surface area contributed by atoms with Crippen LogP contribution in [0.2, 0.25) is 0 Å². The molecule has 0 saturated heterocycles. The number of ether oxygens (including phenoxy) is 1. The molecule has 2 heteroatoms. The Labute approximate surface area is 73.8 Å². The first kappa shape index (κ1) is 9.07. The number of benzene rings is 1. The molecule has 0 heterocycles. The summed E-state index contributed by atoms with van der Waals surface area (Å²) in [6.45, 7) is 3.74. The number of hydrogen-bond donors (Lipinski definition) is 0. The van der Waals surface area contributed by atoms with Gasteiger partial charge in [-0.1, -0.05) is 18.2 Å². The van der Waals surface area contributed by atoms with Crippen LogP contribution < -0.4 is 4.90 Å². The van der Waals surface area contributed by atoms with Crippen LogP contribution in [0.5, 0.6) is 0 Å². The molecule has 0 amide bonds. The van der Waals surface area contributed by atoms with Crippen LogP contribution in [0.1, 0.15) is 6.92 Å². The zero-order valence-corrected chi connectivity index (χ0v) is 7.66. The van der Waals surface area contributed by atoms with Crippen molar-refractivity contribution in [3.8, 4) is 0 Å². The average Bonchev–Trinajstić information content (AvgIpc) is 2.15. The first-order valence-corrected chi connectivity index (χ1v) is 4.17. The van der Waals surface area contributed by atoms with Crippen molar-refractivity contribution in [2.45, 2.75) is 6.92 Å². The van der Waals surface area contributed by atoms with Crippen molar-refractivity contribution >= 4 is 5.69 Å². The van der Waals surface area contributed by atoms with E-state index in [-0.39, 0.29) is 0 Å². The van der Waals surface area contributed by atoms with Crippen molar-refractivity contribution in [2.24, 2.45) is 0 Å². The number of rotatable bonds is 4. The Morgan fingerprint density at radius 2 is 1.92 bits per heavy atom. The Hall–Kier alpha value is -1.02. The Morgan fingerprint density at radius 1 is 1.25 bits per heavy atom. The highest BCUT2D eigenvalue weighted by atomic mass is 16.5. The van der Waals surface area contributed by atoms with Gasteiger partial charge in [0.25, 0.3) is 0 Å². The van der Waals surface area contributed by atoms with Crippen LogP contribution in [0.25, 0.3) is 0 Å². The minimum absolute atomic E-state index is 0.653. The molecular formula is C10H15NO. The third-order valence-electron chi connectivity index (χ3n) is 1.79. The minimum Gasteiger partial charge on any atom is -0.364 e. The van der Waals surface area contributed by atoms with Crippen molar-refractivity contribution in [3.63, 3.8) is 0 Å². The van der Waals surface area contributed by atoms with Gasteiger partial charge in [-0.2, -0.15) is 0 Å². The van der Waals surface area contributed by atoms with Crippen molar-refractivity contribution in [2.75, 3.05) is 25.3 Å². The van der Waals surface area contributed by atoms with Gasteiger partial charge in [-0.25, -0.2) is 0 Å². The zero-order valence-electron chi connectivity index (χ0n) is 7.66. The molecule has 0 bridgehead atoms. The minimum atomic E-state index is 0.653. The predicted molar refractivity (Wildman–Crippen MR) is 51.3 cm³/mol. The molecule has 0 saturated carbocycles. The van der Waals surface area contributed by atoms with E-state index in [0.29, 0.717) is 6.73 Å². The van der Waals surface area contributed by atoms with Crippen molar-refractivity contribution in [1.82, 2.24) is 0 Å². The van der Waals surface area contributed by atoms with Gasteiger partial charge in [0.2, 0.25) is 0 Å². The second-order valence-corrected chi connectivity index (χ2v) is 2.61. The molecule has 0 radical (unpaired) electrons. The van der Waals surface area contributed by atoms with Gasteiger partial charge in [-0.3, -0.25) is 0 Å². The molecule has 0 unspecified atom stereocenters. The molecule has 0 atom stereocenters. The lowest BCUT2D eigenvalue weighted by Crippen LogP contribution is -2.24. The molecule has 66 valence electrons. The topological polar surface area (TPSA) is 12.5 Å². The maximum atomic E-state index is 5.08. The molecular weight excluding hydrogens is 150 g/mol. The first-order valence-electron chi connectivity index (χ1n) is 4.17. The van der Waals surface area contributed by atoms with Crippen molar-refractivity contribution in [3.05, 3.63) is 30.3 Å². The highest BCUT2D eigenvalue weighted by Crippen LogP contribution is 2.11. The van der Waals surface area contributed by atoms with E-state index in [1.165, 1.54) is 5.69 Å². The van der Waals surface area contributed by atoms with E-state index in [0.717, 1.165) is 6.54 Å². The summed E-state index contributed by atoms with van der Waals surface area (Å²) >= 11 is 0. The highest BCUT2D eigenvalue weighted by Gasteiger charge is 2.00. The van der Waals surface area contributed by atoms with Crippen LogP contribution >= 0.6 is 0 Å². The molecule has 1 aromatic rings. The predicted octanol–water partition coefficient (Wildman–Crippen LogP) is 2.12. The summed E-state index contributed by atoms with van der Waals surface area (Å²) in [5, 5.41) is 0. The third kappa shape index (κ3) is 2.24. The number of methoxy groups -OCH3 is 1. The summed E-state index contributed by atoms with van der Waals surface area (Å²) in [7, 11) is 1.71. The van der Waals surface area contributed by atoms with E-state index in [9.17, 15) is 0 Å². The molecule has 0 aliphatic carbocycles. The van der Waals surface area contributed by atoms with Gasteiger partial charge < -0.3 is 9.64 Å². The summed E-state index contributed by atoms with van der Waals surface area (Å²) in [4.78, 5) is 2.17. The summed E-state index contributed by atoms with van der Waals surface area (Å²) in [5.41, 5.74) is 1.21. The van der Waals surface area contributed by atoms with Crippen LogP contribution in [0.4, 0.5) is 5.69 Å². The van der Waals surface area contributed by atoms with Gasteiger partial charge in [0, 0.05) is 19.3 Å². The van der Waals surface area contributed by atoms with E-state index >= 15 is 0 Å². The molecule has 0 spiro atoms. The summed E-state index contributed by atoms with van der Waals surface area (Å²) < 4.78 is 5.08. The van der Waals surface area contributed by atoms with E-state index in [4.69, 9.17) is 4.74 Å². The van der Waals surface area contributed by atoms with Gasteiger partial charge in [0.15, 0.2) is 0 Å². The second kappa shape index (κ2) is 4.78. The van der Waals surface area contributed by atoms with E-state index < -0.39 is 0 Å². The smallest absolute Gasteiger partial charge is 0.118 e. The van der Waals surface area contributed by atoms with Crippen LogP contribution in [-0.4, -0.2) is 20.4 Å². The maximum Gasteiger partial charge on any atom is 0.118 e. The normalized spacial score (nSPS) is 9.83. The second-order valence-electron chi connectivity index (χ2n) is 2.61. The van der Waals surface area contributed by atoms with Gasteiger partial charge in [-0.05, 0) is 19.1 Å². The van der Waals surface area contributed by atoms with Gasteiger partial charge in [0.1, 0.15) is 6.73 Å². The molecule has 0 aliphatic heterocycles. The fourth-order valence-corrected chi connectivity index (χ4v) is 1.14. The van der Waals surface area contributed by atoms with E-state index in [1.807, 2.05) is 18.2 Å². The van der Waals surface area contributed by atoms with Crippen molar-refractivity contribution in [1.29, 1.82) is 0 Å². The van der Waals surface area contributed by atoms with Gasteiger partial charge in [0.05, 0.1) is 0 Å². The van der Waals surface area contributed by atoms with Crippen LogP contribution in [0.3, 0.4) is 0 Å². The fraction of sp³-hybridized carbons (Fsp3) is 0.400. The van der Waals surface area contributed by atoms with Crippen molar-refractivity contribution < 1.29 is 4.74 Å². The summed E-state index contributed by atoms with van der Waals surface area (Å²) in [5.74, 6) is 0. The first-order chi connectivity index (χ1) is 5.88. The lowest BCUT2D eigenvalue weighted by Gasteiger charge is -2.21. The molecule has 12 heavy (non-hydrogen) atoms. The SMILES string of the molecule is CCN(COC)c1ccccc1. The molecule has 1 aromatic carbocycles. The maximum absolute atomic E-state index is 5.08. The van der Waals surface area contributed by atoms with Crippen LogP contribution in [0.15, 0.2) is 30.3 Å². The van der Waals surface area contributed by atoms with Crippen LogP contribution in [-0.2, 0) is 4.74 Å². The van der Waals surface area contributed by atoms with Gasteiger partial charge >= 0.3 is 0 Å². The molecule has 0 aliphatic rings. The number of anilines is 1. The molecule has 0 fully saturated rings. The largest absolute Gasteiger partial charge is 0.364 e. The number of nitrogens with zero attached hydrogens (tertiary/aromatic N) is 1. The Bertz CT molecular complexity index is 210. The average molecular weight is 165 g/mol. The monoisotopic (exact) mass is 165 g/mol. The lowest BCUT2D eigenvalue weighted by molar-refractivity contribution is 0.198. The molecule has 0 N–H and O–H groups in total. The number of hydrogen-bond acceptors (Lipinski definition) is 2. The molecule has 2 nitrogen and oxygen atoms in total. The standard InChI is InChI=1S/C10H15NO/c1-3-11(9-12-2)10-7-5-4-6-8-10/h4-8H,3,9H2,1-2H3. The Balaban J connectivity index is 2.66. The summed E-state index contributed by atoms with van der Waals surface area (Å²) in [6.07, 6.45) is 0. The molecule has 0 aromatic heterocycles. The van der Waals surface area contributed by atoms with Crippen LogP contribution in [0, 0.1) is 0 Å². The zero-order chi connectivity index (χ0) is 8.81. The third-order valence-corrected chi connectivity index (χ3v) is 1.79. The Kier molecular flexibility index (Phi) is 3.61. The Morgan fingerprint density at radius 3 is 2.42 bits per heavy atom. The lowest BCUT2D eigenvalue weighted by atomic mass is 10.3. The van der Waals surface area contributed by atoms with E-state index in [2.05, 4.69) is 24.0 Å². The highest BCUT2D eigenvalue weighted by molar-refractivity contribution is 5.45. The van der Waals surface area contributed by atoms with E-state index in [1.54, 1.807) is 7.11 Å². The quantitative estimate of drug-likeness (QED) is 0.634. The fourth-order valence-electron chi connectivity index (χ4n) is 1.14. The number of para-hydroxylation sites is 1. The van der Waals surface area contributed by atoms with Gasteiger partial charge in [-0.15, -0.1) is 0 Å². The summed E-state index contributed by atoms with van der Waals surface area (Å²) in [6, 6.07) is 10.3.